The first kappa shape index (κ1) is 31.7. The van der Waals surface area contributed by atoms with Crippen molar-refractivity contribution in [2.75, 3.05) is 26.4 Å². The summed E-state index contributed by atoms with van der Waals surface area (Å²) in [5, 5.41) is 0. The second kappa shape index (κ2) is 17.8. The van der Waals surface area contributed by atoms with Gasteiger partial charge >= 0.3 is 11.9 Å². The molecule has 2 aromatic rings. The van der Waals surface area contributed by atoms with Gasteiger partial charge in [-0.05, 0) is 83.6 Å². The van der Waals surface area contributed by atoms with Gasteiger partial charge < -0.3 is 18.9 Å². The van der Waals surface area contributed by atoms with E-state index < -0.39 is 17.8 Å². The van der Waals surface area contributed by atoms with Crippen LogP contribution in [0.2, 0.25) is 0 Å². The zero-order chi connectivity index (χ0) is 29.3. The molecule has 0 bridgehead atoms. The van der Waals surface area contributed by atoms with Crippen molar-refractivity contribution in [3.63, 3.8) is 0 Å². The lowest BCUT2D eigenvalue weighted by atomic mass is 9.78. The lowest BCUT2D eigenvalue weighted by Crippen LogP contribution is -2.35. The minimum Gasteiger partial charge on any atom is -0.490 e. The van der Waals surface area contributed by atoms with Crippen LogP contribution in [0.25, 0.3) is 0 Å². The SMILES string of the molecule is CC(C)=CCCC(C)=CCCC1=CCC(C(=O)OCCOc2ccccc2)C(C(=O)OCCOc2ccccc2)C1. The third-order valence-electron chi connectivity index (χ3n) is 6.96. The number of esters is 2. The topological polar surface area (TPSA) is 71.1 Å². The predicted octanol–water partition coefficient (Wildman–Crippen LogP) is 7.66. The number of ether oxygens (including phenoxy) is 4. The third-order valence-corrected chi connectivity index (χ3v) is 6.96. The Morgan fingerprint density at radius 3 is 1.85 bits per heavy atom. The van der Waals surface area contributed by atoms with Gasteiger partial charge in [0.2, 0.25) is 0 Å². The van der Waals surface area contributed by atoms with Gasteiger partial charge in [0.1, 0.15) is 37.9 Å². The summed E-state index contributed by atoms with van der Waals surface area (Å²) in [7, 11) is 0. The van der Waals surface area contributed by atoms with Crippen molar-refractivity contribution >= 4 is 11.9 Å². The van der Waals surface area contributed by atoms with Gasteiger partial charge in [-0.15, -0.1) is 0 Å². The molecule has 0 amide bonds. The first-order valence-corrected chi connectivity index (χ1v) is 14.6. The van der Waals surface area contributed by atoms with Gasteiger partial charge in [0, 0.05) is 0 Å². The van der Waals surface area contributed by atoms with Gasteiger partial charge in [0.05, 0.1) is 11.8 Å². The first-order chi connectivity index (χ1) is 19.9. The molecular weight excluding hydrogens is 516 g/mol. The molecule has 0 aromatic heterocycles. The highest BCUT2D eigenvalue weighted by Crippen LogP contribution is 2.34. The van der Waals surface area contributed by atoms with Gasteiger partial charge in [-0.3, -0.25) is 9.59 Å². The van der Waals surface area contributed by atoms with Crippen molar-refractivity contribution in [1.29, 1.82) is 0 Å². The molecule has 0 spiro atoms. The van der Waals surface area contributed by atoms with Gasteiger partial charge in [0.25, 0.3) is 0 Å². The second-order valence-electron chi connectivity index (χ2n) is 10.6. The molecule has 6 heteroatoms. The number of rotatable bonds is 16. The lowest BCUT2D eigenvalue weighted by Gasteiger charge is -2.28. The Morgan fingerprint density at radius 2 is 1.29 bits per heavy atom. The molecule has 0 saturated heterocycles. The van der Waals surface area contributed by atoms with Gasteiger partial charge in [0.15, 0.2) is 0 Å². The second-order valence-corrected chi connectivity index (χ2v) is 10.6. The van der Waals surface area contributed by atoms with Crippen LogP contribution >= 0.6 is 0 Å². The van der Waals surface area contributed by atoms with E-state index in [1.807, 2.05) is 60.7 Å². The average Bonchev–Trinajstić information content (AvgIpc) is 2.98. The number of hydrogen-bond acceptors (Lipinski definition) is 6. The van der Waals surface area contributed by atoms with E-state index in [1.54, 1.807) is 0 Å². The van der Waals surface area contributed by atoms with Gasteiger partial charge in [-0.25, -0.2) is 0 Å². The Labute approximate surface area is 245 Å². The highest BCUT2D eigenvalue weighted by Gasteiger charge is 2.38. The van der Waals surface area contributed by atoms with E-state index in [1.165, 1.54) is 16.7 Å². The summed E-state index contributed by atoms with van der Waals surface area (Å²) < 4.78 is 22.4. The number of carbonyl (C=O) groups is 2. The van der Waals surface area contributed by atoms with E-state index in [0.29, 0.717) is 18.6 Å². The van der Waals surface area contributed by atoms with Crippen LogP contribution in [0, 0.1) is 11.8 Å². The Hall–Kier alpha value is -3.80. The van der Waals surface area contributed by atoms with Crippen LogP contribution < -0.4 is 9.47 Å². The van der Waals surface area contributed by atoms with E-state index in [0.717, 1.165) is 31.4 Å². The molecule has 0 N–H and O–H groups in total. The number of para-hydroxylation sites is 2. The number of allylic oxidation sites excluding steroid dienone is 6. The smallest absolute Gasteiger partial charge is 0.310 e. The van der Waals surface area contributed by atoms with Crippen molar-refractivity contribution in [3.05, 3.63) is 95.6 Å². The van der Waals surface area contributed by atoms with Crippen molar-refractivity contribution in [3.8, 4) is 11.5 Å². The molecule has 2 unspecified atom stereocenters. The average molecular weight is 561 g/mol. The Kier molecular flexibility index (Phi) is 13.8. The quantitative estimate of drug-likeness (QED) is 0.119. The Balaban J connectivity index is 1.53. The highest BCUT2D eigenvalue weighted by molar-refractivity contribution is 5.83. The highest BCUT2D eigenvalue weighted by atomic mass is 16.6. The number of hydrogen-bond donors (Lipinski definition) is 0. The van der Waals surface area contributed by atoms with Crippen molar-refractivity contribution in [1.82, 2.24) is 0 Å². The van der Waals surface area contributed by atoms with Crippen molar-refractivity contribution in [2.24, 2.45) is 11.8 Å². The minimum atomic E-state index is -0.586. The number of benzene rings is 2. The fourth-order valence-electron chi connectivity index (χ4n) is 4.72. The predicted molar refractivity (Wildman–Crippen MR) is 162 cm³/mol. The normalized spacial score (nSPS) is 16.8. The molecule has 0 fully saturated rings. The molecule has 0 radical (unpaired) electrons. The van der Waals surface area contributed by atoms with Gasteiger partial charge in [-0.1, -0.05) is 71.3 Å². The summed E-state index contributed by atoms with van der Waals surface area (Å²) in [6.45, 7) is 7.12. The largest absolute Gasteiger partial charge is 0.490 e. The van der Waals surface area contributed by atoms with E-state index >= 15 is 0 Å². The summed E-state index contributed by atoms with van der Waals surface area (Å²) >= 11 is 0. The van der Waals surface area contributed by atoms with Crippen LogP contribution in [-0.2, 0) is 19.1 Å². The van der Waals surface area contributed by atoms with Gasteiger partial charge in [-0.2, -0.15) is 0 Å². The number of carbonyl (C=O) groups excluding carboxylic acids is 2. The van der Waals surface area contributed by atoms with E-state index in [9.17, 15) is 9.59 Å². The summed E-state index contributed by atoms with van der Waals surface area (Å²) in [6, 6.07) is 18.8. The first-order valence-electron chi connectivity index (χ1n) is 14.6. The molecule has 0 aliphatic heterocycles. The molecule has 0 saturated carbocycles. The molecular formula is C35H44O6. The molecule has 1 aliphatic rings. The van der Waals surface area contributed by atoms with Crippen LogP contribution in [0.5, 0.6) is 11.5 Å². The Morgan fingerprint density at radius 1 is 0.732 bits per heavy atom. The zero-order valence-corrected chi connectivity index (χ0v) is 24.7. The summed E-state index contributed by atoms with van der Waals surface area (Å²) in [4.78, 5) is 26.2. The van der Waals surface area contributed by atoms with Crippen LogP contribution in [0.15, 0.2) is 95.6 Å². The minimum absolute atomic E-state index is 0.115. The van der Waals surface area contributed by atoms with Crippen LogP contribution in [0.3, 0.4) is 0 Å². The molecule has 3 rings (SSSR count). The maximum Gasteiger partial charge on any atom is 0.310 e. The van der Waals surface area contributed by atoms with Crippen LogP contribution in [0.1, 0.15) is 59.3 Å². The molecule has 2 aromatic carbocycles. The summed E-state index contributed by atoms with van der Waals surface area (Å²) in [5.74, 6) is -0.516. The standard InChI is InChI=1S/C35H44O6/c1-27(2)12-10-13-28(3)14-11-15-29-20-21-32(34(36)40-24-22-38-30-16-6-4-7-17-30)33(26-29)35(37)41-25-23-39-31-18-8-5-9-19-31/h4-9,12,14,16-20,32-33H,10-11,13,15,21-26H2,1-3H3. The molecule has 0 heterocycles. The maximum absolute atomic E-state index is 13.2. The van der Waals surface area contributed by atoms with Crippen molar-refractivity contribution < 1.29 is 28.5 Å². The Bertz CT molecular complexity index is 1160. The summed E-state index contributed by atoms with van der Waals surface area (Å²) in [5.41, 5.74) is 3.89. The van der Waals surface area contributed by atoms with E-state index in [2.05, 4.69) is 39.0 Å². The summed E-state index contributed by atoms with van der Waals surface area (Å²) in [6.07, 6.45) is 11.4. The lowest BCUT2D eigenvalue weighted by molar-refractivity contribution is -0.161. The monoisotopic (exact) mass is 560 g/mol. The fourth-order valence-corrected chi connectivity index (χ4v) is 4.72. The van der Waals surface area contributed by atoms with Crippen LogP contribution in [0.4, 0.5) is 0 Å². The molecule has 6 nitrogen and oxygen atoms in total. The van der Waals surface area contributed by atoms with E-state index in [4.69, 9.17) is 18.9 Å². The molecule has 2 atom stereocenters. The molecule has 41 heavy (non-hydrogen) atoms. The zero-order valence-electron chi connectivity index (χ0n) is 24.7. The maximum atomic E-state index is 13.2. The van der Waals surface area contributed by atoms with Crippen molar-refractivity contribution in [2.45, 2.75) is 59.3 Å². The van der Waals surface area contributed by atoms with Crippen LogP contribution in [-0.4, -0.2) is 38.4 Å². The molecule has 220 valence electrons. The third kappa shape index (κ3) is 12.1. The fraction of sp³-hybridized carbons (Fsp3) is 0.429. The van der Waals surface area contributed by atoms with E-state index in [-0.39, 0.29) is 32.4 Å². The molecule has 1 aliphatic carbocycles.